The number of nitrogens with one attached hydrogen (secondary N) is 1. The molecule has 2 aromatic rings. The second kappa shape index (κ2) is 6.99. The number of hydrogen-bond donors (Lipinski definition) is 1. The Morgan fingerprint density at radius 2 is 2.19 bits per heavy atom. The van der Waals surface area contributed by atoms with E-state index in [2.05, 4.69) is 34.2 Å². The van der Waals surface area contributed by atoms with Crippen LogP contribution in [0.1, 0.15) is 67.2 Å². The molecule has 1 N–H and O–H groups in total. The molecule has 26 heavy (non-hydrogen) atoms. The fourth-order valence-electron chi connectivity index (χ4n) is 3.95. The average molecular weight is 356 g/mol. The van der Waals surface area contributed by atoms with Crippen molar-refractivity contribution in [1.82, 2.24) is 20.4 Å². The number of carbonyl (C=O) groups is 1. The van der Waals surface area contributed by atoms with Crippen LogP contribution in [0.15, 0.2) is 10.6 Å². The summed E-state index contributed by atoms with van der Waals surface area (Å²) in [6.45, 7) is 9.28. The fourth-order valence-corrected chi connectivity index (χ4v) is 3.95. The van der Waals surface area contributed by atoms with Crippen LogP contribution in [0.5, 0.6) is 0 Å². The van der Waals surface area contributed by atoms with Gasteiger partial charge in [-0.3, -0.25) is 4.79 Å². The summed E-state index contributed by atoms with van der Waals surface area (Å²) in [5, 5.41) is 7.93. The van der Waals surface area contributed by atoms with E-state index in [0.29, 0.717) is 29.2 Å². The zero-order valence-corrected chi connectivity index (χ0v) is 15.9. The van der Waals surface area contributed by atoms with Gasteiger partial charge in [0.15, 0.2) is 0 Å². The van der Waals surface area contributed by atoms with E-state index in [1.165, 1.54) is 12.8 Å². The number of amides is 1. The van der Waals surface area contributed by atoms with E-state index in [-0.39, 0.29) is 5.91 Å². The highest BCUT2D eigenvalue weighted by molar-refractivity contribution is 6.06. The smallest absolute Gasteiger partial charge is 0.259 e. The van der Waals surface area contributed by atoms with Gasteiger partial charge in [0.2, 0.25) is 0 Å². The second-order valence-corrected chi connectivity index (χ2v) is 8.12. The van der Waals surface area contributed by atoms with E-state index in [4.69, 9.17) is 4.52 Å². The van der Waals surface area contributed by atoms with Gasteiger partial charge in [0.25, 0.3) is 11.6 Å². The Morgan fingerprint density at radius 3 is 2.92 bits per heavy atom. The number of piperidine rings is 1. The average Bonchev–Trinajstić information content (AvgIpc) is 3.43. The maximum absolute atomic E-state index is 12.9. The van der Waals surface area contributed by atoms with Crippen LogP contribution in [0.25, 0.3) is 11.1 Å². The third kappa shape index (κ3) is 3.47. The topological polar surface area (TPSA) is 71.3 Å². The molecule has 1 aliphatic carbocycles. The molecule has 1 atom stereocenters. The van der Waals surface area contributed by atoms with E-state index in [0.717, 1.165) is 49.2 Å². The van der Waals surface area contributed by atoms with Crippen molar-refractivity contribution in [1.29, 1.82) is 0 Å². The van der Waals surface area contributed by atoms with E-state index < -0.39 is 0 Å². The Balaban J connectivity index is 1.50. The van der Waals surface area contributed by atoms with E-state index in [1.54, 1.807) is 0 Å². The fraction of sp³-hybridized carbons (Fsp3) is 0.650. The number of nitrogens with zero attached hydrogens (tertiary/aromatic N) is 3. The minimum atomic E-state index is -0.0349. The van der Waals surface area contributed by atoms with Gasteiger partial charge in [0.05, 0.1) is 16.6 Å². The van der Waals surface area contributed by atoms with Gasteiger partial charge in [-0.05, 0) is 65.0 Å². The normalized spacial score (nSPS) is 21.5. The molecular weight excluding hydrogens is 328 g/mol. The van der Waals surface area contributed by atoms with Crippen LogP contribution >= 0.6 is 0 Å². The molecule has 3 heterocycles. The minimum Gasteiger partial charge on any atom is -0.352 e. The van der Waals surface area contributed by atoms with Crippen LogP contribution < -0.4 is 5.32 Å². The lowest BCUT2D eigenvalue weighted by molar-refractivity contribution is 0.0924. The quantitative estimate of drug-likeness (QED) is 0.890. The van der Waals surface area contributed by atoms with Crippen molar-refractivity contribution in [3.8, 4) is 0 Å². The summed E-state index contributed by atoms with van der Waals surface area (Å²) in [7, 11) is 0. The van der Waals surface area contributed by atoms with E-state index >= 15 is 0 Å². The van der Waals surface area contributed by atoms with Crippen molar-refractivity contribution < 1.29 is 9.32 Å². The molecule has 4 rings (SSSR count). The molecule has 1 saturated heterocycles. The number of carbonyl (C=O) groups excluding carboxylic acids is 1. The molecule has 2 aromatic heterocycles. The van der Waals surface area contributed by atoms with Crippen LogP contribution in [0, 0.1) is 12.8 Å². The van der Waals surface area contributed by atoms with Crippen molar-refractivity contribution >= 4 is 17.0 Å². The maximum atomic E-state index is 12.9. The lowest BCUT2D eigenvalue weighted by atomic mass is 9.96. The summed E-state index contributed by atoms with van der Waals surface area (Å²) in [6, 6.07) is 2.51. The zero-order chi connectivity index (χ0) is 18.3. The maximum Gasteiger partial charge on any atom is 0.259 e. The molecule has 0 unspecified atom stereocenters. The summed E-state index contributed by atoms with van der Waals surface area (Å²) < 4.78 is 5.35. The minimum absolute atomic E-state index is 0.0349. The molecule has 6 nitrogen and oxygen atoms in total. The lowest BCUT2D eigenvalue weighted by Gasteiger charge is -2.35. The van der Waals surface area contributed by atoms with Crippen molar-refractivity contribution in [2.75, 3.05) is 19.6 Å². The van der Waals surface area contributed by atoms with Gasteiger partial charge in [0.1, 0.15) is 0 Å². The van der Waals surface area contributed by atoms with Crippen molar-refractivity contribution in [2.45, 2.75) is 58.4 Å². The molecule has 1 aliphatic heterocycles. The zero-order valence-electron chi connectivity index (χ0n) is 15.9. The molecule has 0 aromatic carbocycles. The molecule has 2 aliphatic rings. The van der Waals surface area contributed by atoms with Crippen LogP contribution in [-0.4, -0.2) is 46.6 Å². The molecule has 1 saturated carbocycles. The van der Waals surface area contributed by atoms with Crippen molar-refractivity contribution in [2.24, 2.45) is 5.92 Å². The first-order valence-corrected chi connectivity index (χ1v) is 9.82. The summed E-state index contributed by atoms with van der Waals surface area (Å²) in [4.78, 5) is 20.0. The first-order chi connectivity index (χ1) is 12.5. The molecule has 0 bridgehead atoms. The van der Waals surface area contributed by atoms with Gasteiger partial charge in [-0.1, -0.05) is 5.16 Å². The molecule has 0 spiro atoms. The first kappa shape index (κ1) is 17.5. The standard InChI is InChI=1S/C20H28N4O2/c1-12(2)24-8-4-5-14(11-24)10-21-19(25)16-9-17(15-6-7-15)22-20-18(16)13(3)23-26-20/h9,12,14-15H,4-8,10-11H2,1-3H3,(H,21,25)/t14-/m1/s1. The summed E-state index contributed by atoms with van der Waals surface area (Å²) in [5.74, 6) is 0.945. The number of likely N-dealkylation sites (tertiary alicyclic amines) is 1. The van der Waals surface area contributed by atoms with Crippen LogP contribution in [0.4, 0.5) is 0 Å². The van der Waals surface area contributed by atoms with Gasteiger partial charge in [-0.25, -0.2) is 4.98 Å². The second-order valence-electron chi connectivity index (χ2n) is 8.12. The summed E-state index contributed by atoms with van der Waals surface area (Å²) in [5.41, 5.74) is 2.83. The van der Waals surface area contributed by atoms with Gasteiger partial charge < -0.3 is 14.7 Å². The van der Waals surface area contributed by atoms with Gasteiger partial charge >= 0.3 is 0 Å². The molecule has 140 valence electrons. The first-order valence-electron chi connectivity index (χ1n) is 9.82. The molecule has 0 radical (unpaired) electrons. The lowest BCUT2D eigenvalue weighted by Crippen LogP contribution is -2.43. The molecule has 6 heteroatoms. The van der Waals surface area contributed by atoms with Crippen LogP contribution in [0.3, 0.4) is 0 Å². The van der Waals surface area contributed by atoms with Gasteiger partial charge in [-0.15, -0.1) is 0 Å². The number of pyridine rings is 1. The van der Waals surface area contributed by atoms with Crippen molar-refractivity contribution in [3.63, 3.8) is 0 Å². The number of fused-ring (bicyclic) bond motifs is 1. The molecular formula is C20H28N4O2. The Hall–Kier alpha value is -1.95. The van der Waals surface area contributed by atoms with Crippen LogP contribution in [-0.2, 0) is 0 Å². The molecule has 2 fully saturated rings. The third-order valence-electron chi connectivity index (χ3n) is 5.71. The predicted octanol–water partition coefficient (Wildman–Crippen LogP) is 3.26. The Kier molecular flexibility index (Phi) is 4.69. The largest absolute Gasteiger partial charge is 0.352 e. The van der Waals surface area contributed by atoms with Crippen LogP contribution in [0.2, 0.25) is 0 Å². The predicted molar refractivity (Wildman–Crippen MR) is 100 cm³/mol. The van der Waals surface area contributed by atoms with Gasteiger partial charge in [-0.2, -0.15) is 0 Å². The number of hydrogen-bond acceptors (Lipinski definition) is 5. The molecule has 1 amide bonds. The monoisotopic (exact) mass is 356 g/mol. The Bertz CT molecular complexity index is 809. The Morgan fingerprint density at radius 1 is 1.38 bits per heavy atom. The number of rotatable bonds is 5. The third-order valence-corrected chi connectivity index (χ3v) is 5.71. The highest BCUT2D eigenvalue weighted by atomic mass is 16.5. The summed E-state index contributed by atoms with van der Waals surface area (Å²) >= 11 is 0. The van der Waals surface area contributed by atoms with Gasteiger partial charge in [0, 0.05) is 30.7 Å². The number of aryl methyl sites for hydroxylation is 1. The van der Waals surface area contributed by atoms with E-state index in [1.807, 2.05) is 13.0 Å². The number of aromatic nitrogens is 2. The highest BCUT2D eigenvalue weighted by Gasteiger charge is 2.29. The highest BCUT2D eigenvalue weighted by Crippen LogP contribution is 2.40. The SMILES string of the molecule is Cc1noc2nc(C3CC3)cc(C(=O)NC[C@H]3CCCN(C(C)C)C3)c12. The van der Waals surface area contributed by atoms with Crippen molar-refractivity contribution in [3.05, 3.63) is 23.0 Å². The Labute approximate surface area is 154 Å². The van der Waals surface area contributed by atoms with E-state index in [9.17, 15) is 4.79 Å². The summed E-state index contributed by atoms with van der Waals surface area (Å²) in [6.07, 6.45) is 4.66.